The van der Waals surface area contributed by atoms with E-state index in [4.69, 9.17) is 16.3 Å². The molecular formula is C23H33ClN4O2S. The summed E-state index contributed by atoms with van der Waals surface area (Å²) in [5, 5.41) is 13.3. The zero-order chi connectivity index (χ0) is 22.2. The quantitative estimate of drug-likeness (QED) is 0.459. The minimum Gasteiger partial charge on any atom is -0.484 e. The number of carbonyl (C=O) groups excluding carboxylic acids is 1. The van der Waals surface area contributed by atoms with Crippen LogP contribution in [0.1, 0.15) is 71.2 Å². The predicted molar refractivity (Wildman–Crippen MR) is 126 cm³/mol. The highest BCUT2D eigenvalue weighted by Gasteiger charge is 2.22. The van der Waals surface area contributed by atoms with Crippen LogP contribution in [0.15, 0.2) is 29.4 Å². The molecule has 6 nitrogen and oxygen atoms in total. The molecule has 1 aromatic carbocycles. The second kappa shape index (κ2) is 11.8. The maximum Gasteiger partial charge on any atom is 0.230 e. The van der Waals surface area contributed by atoms with E-state index in [0.717, 1.165) is 42.6 Å². The number of para-hydroxylation sites is 1. The van der Waals surface area contributed by atoms with E-state index < -0.39 is 0 Å². The molecule has 31 heavy (non-hydrogen) atoms. The van der Waals surface area contributed by atoms with Gasteiger partial charge in [0.25, 0.3) is 0 Å². The lowest BCUT2D eigenvalue weighted by Crippen LogP contribution is -2.38. The lowest BCUT2D eigenvalue weighted by molar-refractivity contribution is -0.119. The zero-order valence-electron chi connectivity index (χ0n) is 18.6. The largest absolute Gasteiger partial charge is 0.484 e. The van der Waals surface area contributed by atoms with Crippen LogP contribution in [-0.2, 0) is 11.4 Å². The Morgan fingerprint density at radius 1 is 1.23 bits per heavy atom. The predicted octanol–water partition coefficient (Wildman–Crippen LogP) is 5.66. The maximum atomic E-state index is 12.5. The minimum absolute atomic E-state index is 0.0671. The van der Waals surface area contributed by atoms with E-state index in [2.05, 4.69) is 40.9 Å². The van der Waals surface area contributed by atoms with Crippen LogP contribution in [-0.4, -0.2) is 32.5 Å². The first-order chi connectivity index (χ1) is 15.0. The van der Waals surface area contributed by atoms with E-state index in [1.807, 2.05) is 18.2 Å². The van der Waals surface area contributed by atoms with E-state index in [0.29, 0.717) is 22.6 Å². The van der Waals surface area contributed by atoms with Gasteiger partial charge in [-0.3, -0.25) is 4.79 Å². The molecular weight excluding hydrogens is 432 g/mol. The number of carbonyl (C=O) groups is 1. The average molecular weight is 465 g/mol. The van der Waals surface area contributed by atoms with Crippen molar-refractivity contribution in [3.05, 3.63) is 35.1 Å². The van der Waals surface area contributed by atoms with Crippen molar-refractivity contribution < 1.29 is 9.53 Å². The van der Waals surface area contributed by atoms with Gasteiger partial charge in [-0.25, -0.2) is 0 Å². The first kappa shape index (κ1) is 23.9. The molecule has 0 spiro atoms. The standard InChI is InChI=1S/C23H33ClN4O2S/c1-4-18(5-2)28-21(14-30-20-9-7-6-8-19(20)24)26-27-23(28)31-15-22(29)25-17-12-10-16(3)11-13-17/h6-9,16-18H,4-5,10-15H2,1-3H3,(H,25,29). The molecule has 1 aliphatic rings. The Kier molecular flexibility index (Phi) is 9.08. The normalized spacial score (nSPS) is 18.9. The molecule has 2 aromatic rings. The highest BCUT2D eigenvalue weighted by atomic mass is 35.5. The molecule has 0 bridgehead atoms. The van der Waals surface area contributed by atoms with E-state index in [1.165, 1.54) is 24.6 Å². The molecule has 1 aliphatic carbocycles. The Labute approximate surface area is 194 Å². The Bertz CT molecular complexity index is 848. The van der Waals surface area contributed by atoms with Gasteiger partial charge in [-0.2, -0.15) is 0 Å². The van der Waals surface area contributed by atoms with E-state index >= 15 is 0 Å². The van der Waals surface area contributed by atoms with Crippen molar-refractivity contribution in [3.8, 4) is 5.75 Å². The first-order valence-electron chi connectivity index (χ1n) is 11.2. The van der Waals surface area contributed by atoms with Crippen LogP contribution in [0.3, 0.4) is 0 Å². The fourth-order valence-corrected chi connectivity index (χ4v) is 5.06. The third kappa shape index (κ3) is 6.62. The van der Waals surface area contributed by atoms with Crippen LogP contribution in [0.5, 0.6) is 5.75 Å². The molecule has 0 saturated heterocycles. The van der Waals surface area contributed by atoms with E-state index in [9.17, 15) is 4.79 Å². The topological polar surface area (TPSA) is 69.0 Å². The zero-order valence-corrected chi connectivity index (χ0v) is 20.2. The fourth-order valence-electron chi connectivity index (χ4n) is 4.03. The Balaban J connectivity index is 1.64. The number of nitrogens with one attached hydrogen (secondary N) is 1. The van der Waals surface area contributed by atoms with Crippen LogP contribution in [0, 0.1) is 5.92 Å². The van der Waals surface area contributed by atoms with Crippen molar-refractivity contribution in [3.63, 3.8) is 0 Å². The molecule has 1 N–H and O–H groups in total. The summed E-state index contributed by atoms with van der Waals surface area (Å²) < 4.78 is 8.03. The van der Waals surface area contributed by atoms with Crippen LogP contribution in [0.2, 0.25) is 5.02 Å². The third-order valence-corrected chi connectivity index (χ3v) is 7.20. The number of hydrogen-bond donors (Lipinski definition) is 1. The smallest absolute Gasteiger partial charge is 0.230 e. The van der Waals surface area contributed by atoms with Crippen molar-refractivity contribution in [1.82, 2.24) is 20.1 Å². The summed E-state index contributed by atoms with van der Waals surface area (Å²) in [5.74, 6) is 2.55. The number of benzene rings is 1. The second-order valence-corrected chi connectivity index (χ2v) is 9.62. The molecule has 170 valence electrons. The van der Waals surface area contributed by atoms with Gasteiger partial charge in [0.1, 0.15) is 12.4 Å². The summed E-state index contributed by atoms with van der Waals surface area (Å²) in [6.45, 7) is 6.86. The number of rotatable bonds is 10. The molecule has 8 heteroatoms. The number of nitrogens with zero attached hydrogens (tertiary/aromatic N) is 3. The van der Waals surface area contributed by atoms with Crippen LogP contribution >= 0.6 is 23.4 Å². The highest BCUT2D eigenvalue weighted by molar-refractivity contribution is 7.99. The Morgan fingerprint density at radius 2 is 1.94 bits per heavy atom. The summed E-state index contributed by atoms with van der Waals surface area (Å²) in [6, 6.07) is 7.96. The molecule has 1 fully saturated rings. The fraction of sp³-hybridized carbons (Fsp3) is 0.609. The first-order valence-corrected chi connectivity index (χ1v) is 12.6. The van der Waals surface area contributed by atoms with Gasteiger partial charge >= 0.3 is 0 Å². The van der Waals surface area contributed by atoms with Crippen LogP contribution in [0.25, 0.3) is 0 Å². The summed E-state index contributed by atoms with van der Waals surface area (Å²) in [4.78, 5) is 12.5. The lowest BCUT2D eigenvalue weighted by Gasteiger charge is -2.26. The van der Waals surface area contributed by atoms with Crippen molar-refractivity contribution in [1.29, 1.82) is 0 Å². The third-order valence-electron chi connectivity index (χ3n) is 5.95. The molecule has 1 aromatic heterocycles. The van der Waals surface area contributed by atoms with Crippen molar-refractivity contribution in [2.75, 3.05) is 5.75 Å². The monoisotopic (exact) mass is 464 g/mol. The summed E-state index contributed by atoms with van der Waals surface area (Å²) >= 11 is 7.65. The second-order valence-electron chi connectivity index (χ2n) is 8.27. The number of amides is 1. The number of thioether (sulfide) groups is 1. The molecule has 1 saturated carbocycles. The number of halogens is 1. The minimum atomic E-state index is 0.0671. The lowest BCUT2D eigenvalue weighted by atomic mass is 9.87. The van der Waals surface area contributed by atoms with Gasteiger partial charge in [-0.05, 0) is 56.6 Å². The van der Waals surface area contributed by atoms with Gasteiger partial charge < -0.3 is 14.6 Å². The van der Waals surface area contributed by atoms with Gasteiger partial charge in [0.05, 0.1) is 10.8 Å². The molecule has 0 unspecified atom stereocenters. The van der Waals surface area contributed by atoms with Crippen molar-refractivity contribution in [2.24, 2.45) is 5.92 Å². The molecule has 3 rings (SSSR count). The van der Waals surface area contributed by atoms with Crippen LogP contribution in [0.4, 0.5) is 0 Å². The molecule has 1 amide bonds. The van der Waals surface area contributed by atoms with Crippen molar-refractivity contribution >= 4 is 29.3 Å². The average Bonchev–Trinajstić information content (AvgIpc) is 3.17. The molecule has 1 heterocycles. The Hall–Kier alpha value is -1.73. The molecule has 0 atom stereocenters. The van der Waals surface area contributed by atoms with E-state index in [-0.39, 0.29) is 18.6 Å². The molecule has 0 aliphatic heterocycles. The number of aromatic nitrogens is 3. The van der Waals surface area contributed by atoms with Crippen LogP contribution < -0.4 is 10.1 Å². The Morgan fingerprint density at radius 3 is 2.61 bits per heavy atom. The number of ether oxygens (including phenoxy) is 1. The van der Waals surface area contributed by atoms with E-state index in [1.54, 1.807) is 6.07 Å². The van der Waals surface area contributed by atoms with Crippen molar-refractivity contribution in [2.45, 2.75) is 83.1 Å². The van der Waals surface area contributed by atoms with Gasteiger partial charge in [-0.1, -0.05) is 56.3 Å². The van der Waals surface area contributed by atoms with Gasteiger partial charge in [-0.15, -0.1) is 10.2 Å². The highest BCUT2D eigenvalue weighted by Crippen LogP contribution is 2.29. The summed E-state index contributed by atoms with van der Waals surface area (Å²) in [6.07, 6.45) is 6.43. The summed E-state index contributed by atoms with van der Waals surface area (Å²) in [7, 11) is 0. The number of hydrogen-bond acceptors (Lipinski definition) is 5. The maximum absolute atomic E-state index is 12.5. The van der Waals surface area contributed by atoms with Gasteiger partial charge in [0.15, 0.2) is 11.0 Å². The van der Waals surface area contributed by atoms with Gasteiger partial charge in [0, 0.05) is 12.1 Å². The SMILES string of the molecule is CCC(CC)n1c(COc2ccccc2Cl)nnc1SCC(=O)NC1CCC(C)CC1. The molecule has 0 radical (unpaired) electrons. The van der Waals surface area contributed by atoms with Gasteiger partial charge in [0.2, 0.25) is 5.91 Å². The summed E-state index contributed by atoms with van der Waals surface area (Å²) in [5.41, 5.74) is 0.